The molecule has 1 spiro atoms. The summed E-state index contributed by atoms with van der Waals surface area (Å²) in [7, 11) is 0. The molecule has 3 heterocycles. The summed E-state index contributed by atoms with van der Waals surface area (Å²) in [6, 6.07) is 18.2. The third-order valence-electron chi connectivity index (χ3n) is 6.65. The number of benzene rings is 2. The lowest BCUT2D eigenvalue weighted by Crippen LogP contribution is -2.48. The number of anilines is 1. The summed E-state index contributed by atoms with van der Waals surface area (Å²) in [5, 5.41) is 23.0. The van der Waals surface area contributed by atoms with Crippen molar-refractivity contribution in [2.24, 2.45) is 0 Å². The Morgan fingerprint density at radius 3 is 2.63 bits per heavy atom. The lowest BCUT2D eigenvalue weighted by atomic mass is 9.73. The molecule has 1 aromatic heterocycles. The van der Waals surface area contributed by atoms with E-state index in [1.54, 1.807) is 0 Å². The van der Waals surface area contributed by atoms with Gasteiger partial charge in [-0.25, -0.2) is 4.98 Å². The molecule has 0 aliphatic carbocycles. The highest BCUT2D eigenvalue weighted by Crippen LogP contribution is 2.47. The Kier molecular flexibility index (Phi) is 4.78. The summed E-state index contributed by atoms with van der Waals surface area (Å²) in [6.45, 7) is 3.47. The van der Waals surface area contributed by atoms with Crippen molar-refractivity contribution in [1.82, 2.24) is 14.5 Å². The van der Waals surface area contributed by atoms with Gasteiger partial charge in [0.2, 0.25) is 0 Å². The van der Waals surface area contributed by atoms with E-state index in [0.29, 0.717) is 5.56 Å². The van der Waals surface area contributed by atoms with Crippen LogP contribution in [-0.4, -0.2) is 38.9 Å². The Morgan fingerprint density at radius 2 is 1.87 bits per heavy atom. The van der Waals surface area contributed by atoms with E-state index in [1.807, 2.05) is 42.9 Å². The number of rotatable bonds is 4. The van der Waals surface area contributed by atoms with Gasteiger partial charge in [0.05, 0.1) is 23.7 Å². The Balaban J connectivity index is 1.26. The zero-order valence-electron chi connectivity index (χ0n) is 16.8. The molecule has 0 radical (unpaired) electrons. The number of fused-ring (bicyclic) bond motifs is 2. The van der Waals surface area contributed by atoms with E-state index >= 15 is 0 Å². The quantitative estimate of drug-likeness (QED) is 0.705. The van der Waals surface area contributed by atoms with Crippen LogP contribution in [0.4, 0.5) is 5.69 Å². The van der Waals surface area contributed by atoms with Gasteiger partial charge in [-0.2, -0.15) is 5.26 Å². The lowest BCUT2D eigenvalue weighted by molar-refractivity contribution is 0.0536. The lowest BCUT2D eigenvalue weighted by Gasteiger charge is -2.41. The van der Waals surface area contributed by atoms with Gasteiger partial charge < -0.3 is 15.0 Å². The van der Waals surface area contributed by atoms with Gasteiger partial charge in [-0.1, -0.05) is 30.3 Å². The number of aliphatic hydroxyl groups excluding tert-OH is 1. The fourth-order valence-corrected chi connectivity index (χ4v) is 4.86. The SMILES string of the molecule is N#Cc1ccc(Cn2cncc2CN2CCC3(CC2)c2ccccc2NC3O)cc1. The molecule has 3 aromatic rings. The fraction of sp³-hybridized carbons (Fsp3) is 0.333. The number of hydrogen-bond donors (Lipinski definition) is 2. The number of nitrogens with zero attached hydrogens (tertiary/aromatic N) is 4. The molecular weight excluding hydrogens is 374 g/mol. The Hall–Kier alpha value is -3.14. The van der Waals surface area contributed by atoms with Crippen molar-refractivity contribution in [3.8, 4) is 6.07 Å². The van der Waals surface area contributed by atoms with Gasteiger partial charge in [-0.05, 0) is 55.3 Å². The maximum Gasteiger partial charge on any atom is 0.134 e. The summed E-state index contributed by atoms with van der Waals surface area (Å²) in [6.07, 6.45) is 5.16. The van der Waals surface area contributed by atoms with Crippen molar-refractivity contribution in [1.29, 1.82) is 5.26 Å². The maximum absolute atomic E-state index is 10.8. The van der Waals surface area contributed by atoms with Crippen molar-refractivity contribution >= 4 is 5.69 Å². The van der Waals surface area contributed by atoms with Crippen LogP contribution < -0.4 is 5.32 Å². The molecule has 1 unspecified atom stereocenters. The molecule has 6 heteroatoms. The summed E-state index contributed by atoms with van der Waals surface area (Å²) in [5.41, 5.74) is 5.15. The zero-order chi connectivity index (χ0) is 20.6. The number of hydrogen-bond acceptors (Lipinski definition) is 5. The maximum atomic E-state index is 10.8. The number of para-hydroxylation sites is 1. The number of aromatic nitrogens is 2. The van der Waals surface area contributed by atoms with Crippen molar-refractivity contribution in [2.45, 2.75) is 37.6 Å². The van der Waals surface area contributed by atoms with E-state index in [0.717, 1.165) is 50.3 Å². The largest absolute Gasteiger partial charge is 0.373 e. The Morgan fingerprint density at radius 1 is 1.10 bits per heavy atom. The average Bonchev–Trinajstić information content (AvgIpc) is 3.32. The molecule has 2 aromatic carbocycles. The van der Waals surface area contributed by atoms with Gasteiger partial charge in [0, 0.05) is 30.4 Å². The highest BCUT2D eigenvalue weighted by molar-refractivity contribution is 5.61. The molecule has 2 N–H and O–H groups in total. The number of likely N-dealkylation sites (tertiary alicyclic amines) is 1. The topological polar surface area (TPSA) is 77.1 Å². The first-order chi connectivity index (χ1) is 14.7. The first kappa shape index (κ1) is 18.9. The molecule has 152 valence electrons. The highest BCUT2D eigenvalue weighted by Gasteiger charge is 2.47. The van der Waals surface area contributed by atoms with Crippen LogP contribution in [0.5, 0.6) is 0 Å². The predicted molar refractivity (Wildman–Crippen MR) is 115 cm³/mol. The van der Waals surface area contributed by atoms with Gasteiger partial charge in [-0.3, -0.25) is 4.90 Å². The van der Waals surface area contributed by atoms with E-state index in [4.69, 9.17) is 5.26 Å². The van der Waals surface area contributed by atoms with Gasteiger partial charge in [0.25, 0.3) is 0 Å². The second kappa shape index (κ2) is 7.60. The van der Waals surface area contributed by atoms with E-state index in [2.05, 4.69) is 44.0 Å². The van der Waals surface area contributed by atoms with Gasteiger partial charge in [0.15, 0.2) is 0 Å². The third-order valence-corrected chi connectivity index (χ3v) is 6.65. The molecule has 2 aliphatic heterocycles. The summed E-state index contributed by atoms with van der Waals surface area (Å²) in [4.78, 5) is 6.81. The molecule has 1 fully saturated rings. The first-order valence-corrected chi connectivity index (χ1v) is 10.4. The number of nitrogens with one attached hydrogen (secondary N) is 1. The molecule has 30 heavy (non-hydrogen) atoms. The number of aliphatic hydroxyl groups is 1. The average molecular weight is 399 g/mol. The first-order valence-electron chi connectivity index (χ1n) is 10.4. The second-order valence-electron chi connectivity index (χ2n) is 8.35. The van der Waals surface area contributed by atoms with Crippen molar-refractivity contribution in [2.75, 3.05) is 18.4 Å². The Labute approximate surface area is 176 Å². The summed E-state index contributed by atoms with van der Waals surface area (Å²) >= 11 is 0. The van der Waals surface area contributed by atoms with Crippen LogP contribution in [0.3, 0.4) is 0 Å². The van der Waals surface area contributed by atoms with Crippen LogP contribution >= 0.6 is 0 Å². The van der Waals surface area contributed by atoms with Gasteiger partial charge in [0.1, 0.15) is 6.23 Å². The molecule has 0 saturated carbocycles. The number of nitriles is 1. The molecule has 0 amide bonds. The zero-order valence-corrected chi connectivity index (χ0v) is 16.8. The Bertz CT molecular complexity index is 1070. The molecule has 0 bridgehead atoms. The smallest absolute Gasteiger partial charge is 0.134 e. The van der Waals surface area contributed by atoms with E-state index in [9.17, 15) is 5.11 Å². The van der Waals surface area contributed by atoms with Crippen molar-refractivity contribution in [3.63, 3.8) is 0 Å². The number of imidazole rings is 1. The van der Waals surface area contributed by atoms with Gasteiger partial charge >= 0.3 is 0 Å². The van der Waals surface area contributed by atoms with E-state index in [-0.39, 0.29) is 5.41 Å². The second-order valence-corrected chi connectivity index (χ2v) is 8.35. The van der Waals surface area contributed by atoms with Crippen LogP contribution in [0, 0.1) is 11.3 Å². The summed E-state index contributed by atoms with van der Waals surface area (Å²) < 4.78 is 2.17. The summed E-state index contributed by atoms with van der Waals surface area (Å²) in [5.74, 6) is 0. The van der Waals surface area contributed by atoms with Crippen LogP contribution in [-0.2, 0) is 18.5 Å². The molecule has 6 nitrogen and oxygen atoms in total. The molecule has 5 rings (SSSR count). The standard InChI is InChI=1S/C24H25N5O/c25-13-18-5-7-19(8-6-18)15-29-17-26-14-20(29)16-28-11-9-24(10-12-28)21-3-1-2-4-22(21)27-23(24)30/h1-8,14,17,23,27,30H,9-12,15-16H2. The molecular formula is C24H25N5O. The van der Waals surface area contributed by atoms with Crippen molar-refractivity contribution in [3.05, 3.63) is 83.4 Å². The predicted octanol–water partition coefficient (Wildman–Crippen LogP) is 3.08. The van der Waals surface area contributed by atoms with E-state index < -0.39 is 6.23 Å². The minimum Gasteiger partial charge on any atom is -0.373 e. The molecule has 1 atom stereocenters. The molecule has 1 saturated heterocycles. The minimum absolute atomic E-state index is 0.185. The van der Waals surface area contributed by atoms with Crippen LogP contribution in [0.1, 0.15) is 35.2 Å². The van der Waals surface area contributed by atoms with E-state index in [1.165, 1.54) is 11.3 Å². The van der Waals surface area contributed by atoms with Crippen molar-refractivity contribution < 1.29 is 5.11 Å². The normalized spacial score (nSPS) is 19.9. The molecule has 2 aliphatic rings. The highest BCUT2D eigenvalue weighted by atomic mass is 16.3. The van der Waals surface area contributed by atoms with Gasteiger partial charge in [-0.15, -0.1) is 0 Å². The fourth-order valence-electron chi connectivity index (χ4n) is 4.86. The van der Waals surface area contributed by atoms with Crippen LogP contribution in [0.2, 0.25) is 0 Å². The third kappa shape index (κ3) is 3.26. The monoisotopic (exact) mass is 399 g/mol. The minimum atomic E-state index is -0.515. The van der Waals surface area contributed by atoms with Crippen LogP contribution in [0.25, 0.3) is 0 Å². The van der Waals surface area contributed by atoms with Crippen LogP contribution in [0.15, 0.2) is 61.1 Å². The number of piperidine rings is 1.